The first kappa shape index (κ1) is 7.67. The van der Waals surface area contributed by atoms with Gasteiger partial charge in [0.1, 0.15) is 6.26 Å². The summed E-state index contributed by atoms with van der Waals surface area (Å²) >= 11 is 0. The van der Waals surface area contributed by atoms with E-state index in [0.29, 0.717) is 12.1 Å². The highest BCUT2D eigenvalue weighted by molar-refractivity contribution is 5.38. The lowest BCUT2D eigenvalue weighted by Crippen LogP contribution is -2.20. The Morgan fingerprint density at radius 3 is 2.57 bits per heavy atom. The third-order valence-electron chi connectivity index (χ3n) is 2.41. The van der Waals surface area contributed by atoms with Gasteiger partial charge in [0, 0.05) is 30.8 Å². The maximum absolute atomic E-state index is 5.18. The zero-order valence-corrected chi connectivity index (χ0v) is 7.71. The van der Waals surface area contributed by atoms with Crippen LogP contribution in [0.3, 0.4) is 0 Å². The molecular weight excluding hydrogens is 178 g/mol. The van der Waals surface area contributed by atoms with Crippen LogP contribution in [0.2, 0.25) is 0 Å². The Kier molecular flexibility index (Phi) is 1.59. The number of rotatable bonds is 2. The number of hydrogen-bond donors (Lipinski definition) is 0. The molecule has 72 valence electrons. The van der Waals surface area contributed by atoms with Crippen LogP contribution < -0.4 is 4.90 Å². The molecule has 3 rings (SSSR count). The summed E-state index contributed by atoms with van der Waals surface area (Å²) in [6.07, 6.45) is 13.9. The zero-order valence-electron chi connectivity index (χ0n) is 7.71. The van der Waals surface area contributed by atoms with E-state index in [-0.39, 0.29) is 0 Å². The largest absolute Gasteiger partial charge is 0.432 e. The van der Waals surface area contributed by atoms with Gasteiger partial charge in [-0.05, 0) is 12.8 Å². The first-order chi connectivity index (χ1) is 6.93. The SMILES string of the molecule is C1=CN(C2CC2)C=CN1c1ncco1. The molecule has 2 aliphatic rings. The summed E-state index contributed by atoms with van der Waals surface area (Å²) in [5.74, 6) is 0. The van der Waals surface area contributed by atoms with E-state index in [4.69, 9.17) is 4.42 Å². The van der Waals surface area contributed by atoms with Crippen molar-refractivity contribution in [1.29, 1.82) is 0 Å². The molecule has 1 saturated carbocycles. The van der Waals surface area contributed by atoms with Gasteiger partial charge in [0.2, 0.25) is 0 Å². The van der Waals surface area contributed by atoms with Gasteiger partial charge in [0.25, 0.3) is 0 Å². The van der Waals surface area contributed by atoms with Gasteiger partial charge >= 0.3 is 6.01 Å². The average molecular weight is 189 g/mol. The molecule has 0 radical (unpaired) electrons. The quantitative estimate of drug-likeness (QED) is 0.711. The van der Waals surface area contributed by atoms with Gasteiger partial charge in [-0.25, -0.2) is 4.98 Å². The standard InChI is InChI=1S/C10H11N3O/c1-2-9(1)12-4-6-13(7-5-12)10-11-3-8-14-10/h3-9H,1-2H2. The molecule has 0 aromatic carbocycles. The van der Waals surface area contributed by atoms with Crippen molar-refractivity contribution in [1.82, 2.24) is 9.88 Å². The van der Waals surface area contributed by atoms with Crippen molar-refractivity contribution in [3.05, 3.63) is 37.3 Å². The third kappa shape index (κ3) is 1.28. The lowest BCUT2D eigenvalue weighted by molar-refractivity contribution is 0.483. The Hall–Kier alpha value is -1.71. The van der Waals surface area contributed by atoms with Crippen molar-refractivity contribution in [2.24, 2.45) is 0 Å². The van der Waals surface area contributed by atoms with Crippen LogP contribution in [0.1, 0.15) is 12.8 Å². The van der Waals surface area contributed by atoms with E-state index in [1.54, 1.807) is 12.5 Å². The van der Waals surface area contributed by atoms with Gasteiger partial charge in [-0.3, -0.25) is 4.90 Å². The number of anilines is 1. The normalized spacial score (nSPS) is 20.6. The fourth-order valence-electron chi connectivity index (χ4n) is 1.48. The Labute approximate surface area is 82.1 Å². The van der Waals surface area contributed by atoms with Gasteiger partial charge in [0.05, 0.1) is 6.20 Å². The summed E-state index contributed by atoms with van der Waals surface area (Å²) in [4.78, 5) is 8.15. The monoisotopic (exact) mass is 189 g/mol. The molecule has 1 aromatic heterocycles. The van der Waals surface area contributed by atoms with E-state index in [9.17, 15) is 0 Å². The Morgan fingerprint density at radius 1 is 1.21 bits per heavy atom. The first-order valence-electron chi connectivity index (χ1n) is 4.75. The molecular formula is C10H11N3O. The van der Waals surface area contributed by atoms with E-state index in [1.807, 2.05) is 17.3 Å². The number of oxazole rings is 1. The highest BCUT2D eigenvalue weighted by Crippen LogP contribution is 2.29. The minimum Gasteiger partial charge on any atom is -0.432 e. The third-order valence-corrected chi connectivity index (χ3v) is 2.41. The number of aromatic nitrogens is 1. The second-order valence-electron chi connectivity index (χ2n) is 3.50. The Balaban J connectivity index is 1.75. The molecule has 0 atom stereocenters. The second-order valence-corrected chi connectivity index (χ2v) is 3.50. The maximum atomic E-state index is 5.18. The Morgan fingerprint density at radius 2 is 2.00 bits per heavy atom. The second kappa shape index (κ2) is 2.90. The van der Waals surface area contributed by atoms with Crippen LogP contribution in [0.25, 0.3) is 0 Å². The van der Waals surface area contributed by atoms with Gasteiger partial charge in [-0.1, -0.05) is 0 Å². The lowest BCUT2D eigenvalue weighted by atomic mass is 10.5. The molecule has 1 aliphatic heterocycles. The molecule has 0 amide bonds. The molecule has 0 bridgehead atoms. The molecule has 0 N–H and O–H groups in total. The lowest BCUT2D eigenvalue weighted by Gasteiger charge is -2.22. The minimum absolute atomic E-state index is 0.605. The van der Waals surface area contributed by atoms with Crippen molar-refractivity contribution in [2.45, 2.75) is 18.9 Å². The highest BCUT2D eigenvalue weighted by Gasteiger charge is 2.26. The Bertz CT molecular complexity index is 351. The van der Waals surface area contributed by atoms with Crippen molar-refractivity contribution >= 4 is 6.01 Å². The van der Waals surface area contributed by atoms with E-state index < -0.39 is 0 Å². The first-order valence-corrected chi connectivity index (χ1v) is 4.75. The molecule has 1 fully saturated rings. The van der Waals surface area contributed by atoms with Crippen molar-refractivity contribution < 1.29 is 4.42 Å². The van der Waals surface area contributed by atoms with Crippen LogP contribution in [0, 0.1) is 0 Å². The molecule has 4 heteroatoms. The predicted octanol–water partition coefficient (Wildman–Crippen LogP) is 1.90. The van der Waals surface area contributed by atoms with Gasteiger partial charge in [-0.15, -0.1) is 0 Å². The van der Waals surface area contributed by atoms with Gasteiger partial charge < -0.3 is 9.32 Å². The van der Waals surface area contributed by atoms with Crippen LogP contribution in [0.4, 0.5) is 6.01 Å². The van der Waals surface area contributed by atoms with E-state index in [2.05, 4.69) is 22.3 Å². The molecule has 0 saturated heterocycles. The van der Waals surface area contributed by atoms with Crippen LogP contribution >= 0.6 is 0 Å². The smallest absolute Gasteiger partial charge is 0.305 e. The fourth-order valence-corrected chi connectivity index (χ4v) is 1.48. The van der Waals surface area contributed by atoms with Crippen LogP contribution in [0.15, 0.2) is 41.7 Å². The molecule has 1 aromatic rings. The van der Waals surface area contributed by atoms with Crippen molar-refractivity contribution in [3.63, 3.8) is 0 Å². The topological polar surface area (TPSA) is 32.5 Å². The van der Waals surface area contributed by atoms with Gasteiger partial charge in [-0.2, -0.15) is 0 Å². The minimum atomic E-state index is 0.605. The summed E-state index contributed by atoms with van der Waals surface area (Å²) in [6, 6.07) is 1.32. The molecule has 0 unspecified atom stereocenters. The van der Waals surface area contributed by atoms with Crippen molar-refractivity contribution in [2.75, 3.05) is 4.90 Å². The maximum Gasteiger partial charge on any atom is 0.305 e. The molecule has 1 aliphatic carbocycles. The molecule has 4 nitrogen and oxygen atoms in total. The van der Waals surface area contributed by atoms with E-state index in [1.165, 1.54) is 12.8 Å². The average Bonchev–Trinajstić information content (AvgIpc) is 2.94. The number of nitrogens with zero attached hydrogens (tertiary/aromatic N) is 3. The number of hydrogen-bond acceptors (Lipinski definition) is 4. The van der Waals surface area contributed by atoms with Crippen LogP contribution in [0.5, 0.6) is 0 Å². The summed E-state index contributed by atoms with van der Waals surface area (Å²) in [6.45, 7) is 0. The summed E-state index contributed by atoms with van der Waals surface area (Å²) < 4.78 is 5.18. The highest BCUT2D eigenvalue weighted by atomic mass is 16.4. The predicted molar refractivity (Wildman–Crippen MR) is 52.1 cm³/mol. The summed E-state index contributed by atoms with van der Waals surface area (Å²) in [5, 5.41) is 0. The van der Waals surface area contributed by atoms with E-state index >= 15 is 0 Å². The van der Waals surface area contributed by atoms with Crippen LogP contribution in [-0.2, 0) is 0 Å². The zero-order chi connectivity index (χ0) is 9.38. The summed E-state index contributed by atoms with van der Waals surface area (Å²) in [7, 11) is 0. The molecule has 14 heavy (non-hydrogen) atoms. The summed E-state index contributed by atoms with van der Waals surface area (Å²) in [5.41, 5.74) is 0. The molecule has 0 spiro atoms. The van der Waals surface area contributed by atoms with Gasteiger partial charge in [0.15, 0.2) is 0 Å². The fraction of sp³-hybridized carbons (Fsp3) is 0.300. The van der Waals surface area contributed by atoms with Crippen LogP contribution in [-0.4, -0.2) is 15.9 Å². The van der Waals surface area contributed by atoms with Crippen molar-refractivity contribution in [3.8, 4) is 0 Å². The van der Waals surface area contributed by atoms with E-state index in [0.717, 1.165) is 0 Å². The molecule has 2 heterocycles.